The first-order valence-electron chi connectivity index (χ1n) is 13.5. The van der Waals surface area contributed by atoms with Gasteiger partial charge in [-0.15, -0.1) is 0 Å². The van der Waals surface area contributed by atoms with Gasteiger partial charge in [0.1, 0.15) is 36.1 Å². The number of hydrogen-bond acceptors (Lipinski definition) is 6. The van der Waals surface area contributed by atoms with Crippen LogP contribution in [-0.4, -0.2) is 46.5 Å². The van der Waals surface area contributed by atoms with Crippen molar-refractivity contribution in [1.82, 2.24) is 0 Å². The van der Waals surface area contributed by atoms with Crippen LogP contribution in [0.25, 0.3) is 11.1 Å². The maximum atomic E-state index is 11.4. The number of aryl methyl sites for hydroxylation is 2. The van der Waals surface area contributed by atoms with Gasteiger partial charge in [0.05, 0.1) is 12.5 Å². The summed E-state index contributed by atoms with van der Waals surface area (Å²) in [5, 5.41) is 20.2. The third-order valence-corrected chi connectivity index (χ3v) is 8.84. The molecule has 1 fully saturated rings. The number of ether oxygens (including phenoxy) is 3. The Bertz CT molecular complexity index is 1320. The molecule has 1 saturated heterocycles. The van der Waals surface area contributed by atoms with Crippen molar-refractivity contribution < 1.29 is 29.2 Å². The molecule has 7 heteroatoms. The second-order valence-electron chi connectivity index (χ2n) is 10.8. The van der Waals surface area contributed by atoms with Crippen molar-refractivity contribution in [2.45, 2.75) is 51.7 Å². The second-order valence-corrected chi connectivity index (χ2v) is 12.0. The summed E-state index contributed by atoms with van der Waals surface area (Å²) < 4.78 is 17.9. The van der Waals surface area contributed by atoms with Crippen molar-refractivity contribution in [2.75, 3.05) is 24.7 Å². The Morgan fingerprint density at radius 2 is 1.79 bits per heavy atom. The molecular weight excluding hydrogens is 512 g/mol. The normalized spacial score (nSPS) is 18.6. The first kappa shape index (κ1) is 27.4. The molecule has 2 atom stereocenters. The Balaban J connectivity index is 1.26. The zero-order valence-corrected chi connectivity index (χ0v) is 23.6. The molecule has 2 aliphatic rings. The molecule has 0 bridgehead atoms. The lowest BCUT2D eigenvalue weighted by Gasteiger charge is -2.31. The van der Waals surface area contributed by atoms with E-state index in [-0.39, 0.29) is 5.92 Å². The minimum Gasteiger partial charge on any atom is -0.492 e. The van der Waals surface area contributed by atoms with Gasteiger partial charge < -0.3 is 24.4 Å². The Morgan fingerprint density at radius 3 is 2.51 bits per heavy atom. The summed E-state index contributed by atoms with van der Waals surface area (Å²) in [6, 6.07) is 18.1. The van der Waals surface area contributed by atoms with E-state index in [0.717, 1.165) is 57.9 Å². The van der Waals surface area contributed by atoms with Gasteiger partial charge in [-0.1, -0.05) is 31.2 Å². The maximum Gasteiger partial charge on any atom is 0.306 e. The van der Waals surface area contributed by atoms with Crippen LogP contribution in [-0.2, 0) is 11.4 Å². The molecule has 0 amide bonds. The standard InChI is InChI=1S/C32H36O6S/c1-20-13-26(38-19-32(35)9-11-39-12-10-32)14-21(2)30(20)24-6-4-5-23(15-24)17-36-25-7-8-27-28(22(3)31(33)34)18-37-29(27)16-25/h4-8,13-16,22,28,35H,9-12,17-19H2,1-3H3,(H,33,34)/t22?,28-/m0/s1. The summed E-state index contributed by atoms with van der Waals surface area (Å²) in [7, 11) is 0. The quantitative estimate of drug-likeness (QED) is 0.321. The Labute approximate surface area is 234 Å². The summed E-state index contributed by atoms with van der Waals surface area (Å²) in [4.78, 5) is 11.4. The fourth-order valence-corrected chi connectivity index (χ4v) is 6.70. The lowest BCUT2D eigenvalue weighted by atomic mass is 9.89. The van der Waals surface area contributed by atoms with Crippen molar-refractivity contribution in [3.05, 3.63) is 76.9 Å². The van der Waals surface area contributed by atoms with E-state index in [1.54, 1.807) is 6.92 Å². The minimum absolute atomic E-state index is 0.150. The highest BCUT2D eigenvalue weighted by atomic mass is 32.2. The molecule has 2 heterocycles. The summed E-state index contributed by atoms with van der Waals surface area (Å²) in [6.07, 6.45) is 1.54. The van der Waals surface area contributed by atoms with E-state index < -0.39 is 17.5 Å². The number of hydrogen-bond donors (Lipinski definition) is 2. The van der Waals surface area contributed by atoms with Crippen molar-refractivity contribution in [1.29, 1.82) is 0 Å². The first-order chi connectivity index (χ1) is 18.7. The molecule has 0 saturated carbocycles. The van der Waals surface area contributed by atoms with Gasteiger partial charge in [0.25, 0.3) is 0 Å². The molecule has 3 aromatic rings. The molecular formula is C32H36O6S. The highest BCUT2D eigenvalue weighted by Gasteiger charge is 2.33. The molecule has 39 heavy (non-hydrogen) atoms. The van der Waals surface area contributed by atoms with E-state index in [1.165, 1.54) is 5.56 Å². The van der Waals surface area contributed by atoms with E-state index >= 15 is 0 Å². The van der Waals surface area contributed by atoms with Crippen LogP contribution in [0.4, 0.5) is 0 Å². The van der Waals surface area contributed by atoms with Gasteiger partial charge in [-0.05, 0) is 90.3 Å². The molecule has 5 rings (SSSR count). The average Bonchev–Trinajstić information content (AvgIpc) is 3.34. The number of thioether (sulfide) groups is 1. The number of carboxylic acids is 1. The van der Waals surface area contributed by atoms with E-state index in [9.17, 15) is 15.0 Å². The molecule has 6 nitrogen and oxygen atoms in total. The number of rotatable bonds is 9. The Morgan fingerprint density at radius 1 is 1.05 bits per heavy atom. The highest BCUT2D eigenvalue weighted by Crippen LogP contribution is 2.40. The molecule has 206 valence electrons. The van der Waals surface area contributed by atoms with E-state index in [4.69, 9.17) is 14.2 Å². The predicted molar refractivity (Wildman–Crippen MR) is 154 cm³/mol. The molecule has 1 unspecified atom stereocenters. The summed E-state index contributed by atoms with van der Waals surface area (Å²) in [6.45, 7) is 6.99. The van der Waals surface area contributed by atoms with Crippen molar-refractivity contribution in [2.24, 2.45) is 5.92 Å². The van der Waals surface area contributed by atoms with Crippen molar-refractivity contribution in [3.63, 3.8) is 0 Å². The van der Waals surface area contributed by atoms with Crippen LogP contribution in [0.1, 0.15) is 47.9 Å². The van der Waals surface area contributed by atoms with E-state index in [0.29, 0.717) is 31.3 Å². The molecule has 3 aromatic carbocycles. The van der Waals surface area contributed by atoms with Gasteiger partial charge in [-0.25, -0.2) is 0 Å². The second kappa shape index (κ2) is 11.5. The largest absolute Gasteiger partial charge is 0.492 e. The van der Waals surface area contributed by atoms with Crippen LogP contribution in [0, 0.1) is 19.8 Å². The zero-order valence-electron chi connectivity index (χ0n) is 22.7. The van der Waals surface area contributed by atoms with Gasteiger partial charge in [0.2, 0.25) is 0 Å². The summed E-state index contributed by atoms with van der Waals surface area (Å²) in [5.41, 5.74) is 5.76. The van der Waals surface area contributed by atoms with Crippen LogP contribution in [0.2, 0.25) is 0 Å². The lowest BCUT2D eigenvalue weighted by Crippen LogP contribution is -2.39. The zero-order chi connectivity index (χ0) is 27.6. The fraction of sp³-hybridized carbons (Fsp3) is 0.406. The summed E-state index contributed by atoms with van der Waals surface area (Å²) in [5.74, 6) is 2.66. The number of benzene rings is 3. The minimum atomic E-state index is -0.818. The number of carbonyl (C=O) groups is 1. The maximum absolute atomic E-state index is 11.4. The van der Waals surface area contributed by atoms with Gasteiger partial charge in [0, 0.05) is 17.5 Å². The number of aliphatic hydroxyl groups is 1. The van der Waals surface area contributed by atoms with Crippen LogP contribution >= 0.6 is 11.8 Å². The number of carboxylic acid groups (broad SMARTS) is 1. The Kier molecular flexibility index (Phi) is 8.10. The van der Waals surface area contributed by atoms with Crippen molar-refractivity contribution in [3.8, 4) is 28.4 Å². The highest BCUT2D eigenvalue weighted by molar-refractivity contribution is 7.99. The van der Waals surface area contributed by atoms with Gasteiger partial charge in [-0.2, -0.15) is 11.8 Å². The molecule has 0 aliphatic carbocycles. The van der Waals surface area contributed by atoms with Crippen LogP contribution in [0.3, 0.4) is 0 Å². The molecule has 0 spiro atoms. The SMILES string of the molecule is Cc1cc(OCC2(O)CCSCC2)cc(C)c1-c1cccc(COc2ccc3c(c2)OC[C@H]3C(C)C(=O)O)c1. The fourth-order valence-electron chi connectivity index (χ4n) is 5.45. The lowest BCUT2D eigenvalue weighted by molar-refractivity contribution is -0.142. The average molecular weight is 549 g/mol. The molecule has 0 aromatic heterocycles. The molecule has 2 N–H and O–H groups in total. The van der Waals surface area contributed by atoms with Crippen LogP contribution in [0.5, 0.6) is 17.2 Å². The van der Waals surface area contributed by atoms with E-state index in [2.05, 4.69) is 38.1 Å². The van der Waals surface area contributed by atoms with Crippen LogP contribution < -0.4 is 14.2 Å². The third kappa shape index (κ3) is 6.20. The molecule has 2 aliphatic heterocycles. The van der Waals surface area contributed by atoms with E-state index in [1.807, 2.05) is 42.1 Å². The Hall–Kier alpha value is -3.16. The van der Waals surface area contributed by atoms with Crippen LogP contribution in [0.15, 0.2) is 54.6 Å². The van der Waals surface area contributed by atoms with Gasteiger partial charge >= 0.3 is 5.97 Å². The van der Waals surface area contributed by atoms with Gasteiger partial charge in [0.15, 0.2) is 0 Å². The van der Waals surface area contributed by atoms with Gasteiger partial charge in [-0.3, -0.25) is 4.79 Å². The number of aliphatic carboxylic acids is 1. The topological polar surface area (TPSA) is 85.2 Å². The number of fused-ring (bicyclic) bond motifs is 1. The summed E-state index contributed by atoms with van der Waals surface area (Å²) >= 11 is 1.88. The predicted octanol–water partition coefficient (Wildman–Crippen LogP) is 6.38. The van der Waals surface area contributed by atoms with Crippen molar-refractivity contribution >= 4 is 17.7 Å². The smallest absolute Gasteiger partial charge is 0.306 e. The first-order valence-corrected chi connectivity index (χ1v) is 14.6. The molecule has 0 radical (unpaired) electrons. The third-order valence-electron chi connectivity index (χ3n) is 7.85. The monoisotopic (exact) mass is 548 g/mol.